The number of nitrogen functional groups attached to an aromatic ring is 1. The standard InChI is InChI=1S/C30H31N4O8P/c31-26-16-17-34(30(36)32-26)27-20-38-28(41-27)21-40-43(37,42-24-14-8-3-9-15-24)33-25(18-22-10-4-1-5-11-22)29(35)39-19-23-12-6-2-7-13-23/h1-17,25,27-28H,18-21H2,(H,33,37)(H2,31,32,36)/t25-,27-,28-,43?/m0/s1. The summed E-state index contributed by atoms with van der Waals surface area (Å²) in [7, 11) is -4.25. The fourth-order valence-electron chi connectivity index (χ4n) is 4.24. The summed E-state index contributed by atoms with van der Waals surface area (Å²) in [6, 6.07) is 27.2. The minimum Gasteiger partial charge on any atom is -0.460 e. The lowest BCUT2D eigenvalue weighted by Crippen LogP contribution is -2.39. The zero-order valence-corrected chi connectivity index (χ0v) is 24.0. The van der Waals surface area contributed by atoms with Crippen LogP contribution in [0.1, 0.15) is 17.4 Å². The third-order valence-corrected chi connectivity index (χ3v) is 7.92. The van der Waals surface area contributed by atoms with E-state index in [1.54, 1.807) is 30.3 Å². The highest BCUT2D eigenvalue weighted by molar-refractivity contribution is 7.52. The Morgan fingerprint density at radius 1 is 1.00 bits per heavy atom. The maximum atomic E-state index is 14.2. The summed E-state index contributed by atoms with van der Waals surface area (Å²) in [6.07, 6.45) is -0.204. The molecule has 1 saturated heterocycles. The van der Waals surface area contributed by atoms with Gasteiger partial charge >= 0.3 is 19.4 Å². The molecule has 0 aliphatic carbocycles. The van der Waals surface area contributed by atoms with Crippen LogP contribution in [0.15, 0.2) is 108 Å². The number of carbonyl (C=O) groups excluding carboxylic acids is 1. The van der Waals surface area contributed by atoms with Gasteiger partial charge in [-0.25, -0.2) is 9.36 Å². The van der Waals surface area contributed by atoms with Gasteiger partial charge in [0.25, 0.3) is 0 Å². The van der Waals surface area contributed by atoms with Crippen molar-refractivity contribution >= 4 is 19.5 Å². The molecule has 0 radical (unpaired) electrons. The number of anilines is 1. The summed E-state index contributed by atoms with van der Waals surface area (Å²) >= 11 is 0. The maximum absolute atomic E-state index is 14.2. The van der Waals surface area contributed by atoms with E-state index in [0.29, 0.717) is 0 Å². The number of carbonyl (C=O) groups is 1. The van der Waals surface area contributed by atoms with Crippen LogP contribution in [0.25, 0.3) is 0 Å². The topological polar surface area (TPSA) is 153 Å². The second-order valence-corrected chi connectivity index (χ2v) is 11.3. The number of hydrogen-bond acceptors (Lipinski definition) is 10. The molecule has 1 unspecified atom stereocenters. The van der Waals surface area contributed by atoms with E-state index in [2.05, 4.69) is 10.1 Å². The fourth-order valence-corrected chi connectivity index (χ4v) is 5.72. The van der Waals surface area contributed by atoms with Gasteiger partial charge in [-0.05, 0) is 35.7 Å². The molecule has 5 rings (SSSR count). The predicted octanol–water partition coefficient (Wildman–Crippen LogP) is 3.85. The molecular formula is C30H31N4O8P. The number of rotatable bonds is 13. The van der Waals surface area contributed by atoms with Crippen LogP contribution in [-0.4, -0.2) is 41.1 Å². The minimum absolute atomic E-state index is 0.0131. The van der Waals surface area contributed by atoms with E-state index in [9.17, 15) is 14.2 Å². The predicted molar refractivity (Wildman–Crippen MR) is 157 cm³/mol. The number of aromatic nitrogens is 2. The van der Waals surface area contributed by atoms with E-state index >= 15 is 0 Å². The van der Waals surface area contributed by atoms with Crippen molar-refractivity contribution in [2.75, 3.05) is 18.9 Å². The number of hydrogen-bond donors (Lipinski definition) is 2. The monoisotopic (exact) mass is 606 g/mol. The van der Waals surface area contributed by atoms with E-state index in [0.717, 1.165) is 11.1 Å². The average molecular weight is 607 g/mol. The summed E-state index contributed by atoms with van der Waals surface area (Å²) in [5.41, 5.74) is 6.57. The Bertz CT molecular complexity index is 1590. The van der Waals surface area contributed by atoms with Gasteiger partial charge in [-0.2, -0.15) is 10.1 Å². The summed E-state index contributed by atoms with van der Waals surface area (Å²) in [6.45, 7) is -0.303. The first-order chi connectivity index (χ1) is 20.9. The molecule has 0 saturated carbocycles. The molecule has 3 N–H and O–H groups in total. The fraction of sp³-hybridized carbons (Fsp3) is 0.233. The van der Waals surface area contributed by atoms with Gasteiger partial charge in [0.2, 0.25) is 0 Å². The molecule has 3 aromatic carbocycles. The molecule has 4 atom stereocenters. The molecule has 1 fully saturated rings. The third kappa shape index (κ3) is 8.60. The molecule has 43 heavy (non-hydrogen) atoms. The van der Waals surface area contributed by atoms with Crippen LogP contribution in [0.3, 0.4) is 0 Å². The summed E-state index contributed by atoms with van der Waals surface area (Å²) in [5, 5.41) is 2.79. The first-order valence-corrected chi connectivity index (χ1v) is 15.0. The Hall–Kier alpha value is -4.32. The smallest absolute Gasteiger partial charge is 0.459 e. The molecule has 0 spiro atoms. The lowest BCUT2D eigenvalue weighted by molar-refractivity contribution is -0.147. The van der Waals surface area contributed by atoms with Crippen molar-refractivity contribution in [1.82, 2.24) is 14.6 Å². The van der Waals surface area contributed by atoms with Crippen molar-refractivity contribution in [1.29, 1.82) is 0 Å². The van der Waals surface area contributed by atoms with Crippen LogP contribution in [0.5, 0.6) is 5.75 Å². The first-order valence-electron chi connectivity index (χ1n) is 13.5. The highest BCUT2D eigenvalue weighted by Gasteiger charge is 2.37. The second-order valence-electron chi connectivity index (χ2n) is 9.56. The zero-order chi connectivity index (χ0) is 30.1. The largest absolute Gasteiger partial charge is 0.460 e. The molecule has 1 aliphatic rings. The normalized spacial score (nSPS) is 18.4. The van der Waals surface area contributed by atoms with Crippen LogP contribution < -0.4 is 21.0 Å². The number of nitrogens with one attached hydrogen (secondary N) is 1. The molecule has 0 bridgehead atoms. The number of esters is 1. The lowest BCUT2D eigenvalue weighted by Gasteiger charge is -2.25. The van der Waals surface area contributed by atoms with Crippen LogP contribution >= 0.6 is 7.75 Å². The molecule has 1 aromatic heterocycles. The number of benzene rings is 3. The van der Waals surface area contributed by atoms with Crippen molar-refractivity contribution < 1.29 is 32.6 Å². The number of para-hydroxylation sites is 1. The Balaban J connectivity index is 1.32. The van der Waals surface area contributed by atoms with E-state index in [1.165, 1.54) is 16.8 Å². The van der Waals surface area contributed by atoms with Gasteiger partial charge in [0.1, 0.15) is 30.8 Å². The Kier molecular flexibility index (Phi) is 9.98. The highest BCUT2D eigenvalue weighted by atomic mass is 31.2. The molecule has 1 aliphatic heterocycles. The van der Waals surface area contributed by atoms with Gasteiger partial charge in [0.05, 0.1) is 6.61 Å². The molecule has 13 heteroatoms. The molecule has 2 heterocycles. The highest BCUT2D eigenvalue weighted by Crippen LogP contribution is 2.45. The van der Waals surface area contributed by atoms with Gasteiger partial charge in [-0.15, -0.1) is 0 Å². The molecule has 224 valence electrons. The molecule has 12 nitrogen and oxygen atoms in total. The quantitative estimate of drug-likeness (QED) is 0.169. The van der Waals surface area contributed by atoms with Gasteiger partial charge in [0.15, 0.2) is 12.5 Å². The molecule has 4 aromatic rings. The molecular weight excluding hydrogens is 575 g/mol. The lowest BCUT2D eigenvalue weighted by atomic mass is 10.1. The van der Waals surface area contributed by atoms with Crippen molar-refractivity contribution in [3.05, 3.63) is 125 Å². The van der Waals surface area contributed by atoms with Gasteiger partial charge < -0.3 is 24.5 Å². The van der Waals surface area contributed by atoms with Crippen LogP contribution in [0.2, 0.25) is 0 Å². The second kappa shape index (κ2) is 14.2. The molecule has 0 amide bonds. The van der Waals surface area contributed by atoms with Gasteiger partial charge in [-0.3, -0.25) is 13.9 Å². The zero-order valence-electron chi connectivity index (χ0n) is 23.1. The number of nitrogens with zero attached hydrogens (tertiary/aromatic N) is 2. The summed E-state index contributed by atoms with van der Waals surface area (Å²) in [4.78, 5) is 29.3. The van der Waals surface area contributed by atoms with Crippen LogP contribution in [0, 0.1) is 0 Å². The van der Waals surface area contributed by atoms with Crippen molar-refractivity contribution in [2.24, 2.45) is 0 Å². The summed E-state index contributed by atoms with van der Waals surface area (Å²) in [5.74, 6) is -0.311. The number of nitrogens with two attached hydrogens (primary N) is 1. The first kappa shape index (κ1) is 30.1. The third-order valence-electron chi connectivity index (χ3n) is 6.35. The van der Waals surface area contributed by atoms with Crippen LogP contribution in [0.4, 0.5) is 5.82 Å². The van der Waals surface area contributed by atoms with E-state index in [1.807, 2.05) is 60.7 Å². The van der Waals surface area contributed by atoms with E-state index < -0.39 is 38.0 Å². The Labute approximate surface area is 247 Å². The average Bonchev–Trinajstić information content (AvgIpc) is 3.49. The van der Waals surface area contributed by atoms with Gasteiger partial charge in [0, 0.05) is 6.20 Å². The van der Waals surface area contributed by atoms with Crippen molar-refractivity contribution in [2.45, 2.75) is 31.6 Å². The maximum Gasteiger partial charge on any atom is 0.459 e. The minimum atomic E-state index is -4.25. The van der Waals surface area contributed by atoms with Crippen LogP contribution in [-0.2, 0) is 41.1 Å². The van der Waals surface area contributed by atoms with Crippen molar-refractivity contribution in [3.8, 4) is 5.75 Å². The Morgan fingerprint density at radius 3 is 2.33 bits per heavy atom. The summed E-state index contributed by atoms with van der Waals surface area (Å²) < 4.78 is 44.0. The number of ether oxygens (including phenoxy) is 3. The van der Waals surface area contributed by atoms with Crippen molar-refractivity contribution in [3.63, 3.8) is 0 Å². The van der Waals surface area contributed by atoms with E-state index in [-0.39, 0.29) is 37.8 Å². The van der Waals surface area contributed by atoms with Gasteiger partial charge in [-0.1, -0.05) is 78.9 Å². The Morgan fingerprint density at radius 2 is 1.65 bits per heavy atom. The van der Waals surface area contributed by atoms with E-state index in [4.69, 9.17) is 29.0 Å². The SMILES string of the molecule is Nc1ccn([C@@H]2CO[C@H](COP(=O)(N[C@@H](Cc3ccccc3)C(=O)OCc3ccccc3)Oc3ccccc3)O2)c(=O)n1.